The standard InChI is InChI=1S/C18H15N5O2S2/c24-16(19-8-15-21-13-3-1-2-4-14(13)22-15)7-12-10-27-18(20-12)23-17(25)11-5-6-26-9-11/h1-6,9-10H,7-8H2,(H,19,24)(H,21,22)(H,20,23,25). The van der Waals surface area contributed by atoms with E-state index in [9.17, 15) is 9.59 Å². The number of anilines is 1. The van der Waals surface area contributed by atoms with Crippen molar-refractivity contribution in [1.82, 2.24) is 20.3 Å². The number of rotatable bonds is 6. The van der Waals surface area contributed by atoms with Gasteiger partial charge >= 0.3 is 0 Å². The third-order valence-corrected chi connectivity index (χ3v) is 5.28. The number of nitrogens with one attached hydrogen (secondary N) is 3. The number of benzene rings is 1. The topological polar surface area (TPSA) is 99.8 Å². The van der Waals surface area contributed by atoms with Crippen LogP contribution in [0, 0.1) is 0 Å². The van der Waals surface area contributed by atoms with Crippen LogP contribution >= 0.6 is 22.7 Å². The maximum atomic E-state index is 12.1. The van der Waals surface area contributed by atoms with Crippen molar-refractivity contribution in [1.29, 1.82) is 0 Å². The quantitative estimate of drug-likeness (QED) is 0.465. The molecule has 27 heavy (non-hydrogen) atoms. The molecular formula is C18H15N5O2S2. The molecule has 0 aliphatic rings. The summed E-state index contributed by atoms with van der Waals surface area (Å²) >= 11 is 2.75. The molecule has 0 unspecified atom stereocenters. The van der Waals surface area contributed by atoms with Crippen LogP contribution in [0.3, 0.4) is 0 Å². The number of carbonyl (C=O) groups excluding carboxylic acids is 2. The van der Waals surface area contributed by atoms with E-state index in [1.165, 1.54) is 22.7 Å². The Morgan fingerprint density at radius 2 is 2.00 bits per heavy atom. The summed E-state index contributed by atoms with van der Waals surface area (Å²) in [6, 6.07) is 9.45. The molecule has 136 valence electrons. The van der Waals surface area contributed by atoms with Crippen molar-refractivity contribution in [2.24, 2.45) is 0 Å². The average Bonchev–Trinajstić information content (AvgIpc) is 3.40. The molecule has 0 radical (unpaired) electrons. The molecule has 0 atom stereocenters. The highest BCUT2D eigenvalue weighted by molar-refractivity contribution is 7.14. The van der Waals surface area contributed by atoms with Gasteiger partial charge in [-0.1, -0.05) is 12.1 Å². The van der Waals surface area contributed by atoms with Crippen LogP contribution in [0.5, 0.6) is 0 Å². The lowest BCUT2D eigenvalue weighted by Gasteiger charge is -2.01. The molecule has 9 heteroatoms. The Kier molecular flexibility index (Phi) is 4.95. The van der Waals surface area contributed by atoms with Gasteiger partial charge < -0.3 is 10.3 Å². The molecule has 3 aromatic heterocycles. The molecule has 0 bridgehead atoms. The van der Waals surface area contributed by atoms with Crippen molar-refractivity contribution in [2.45, 2.75) is 13.0 Å². The first-order valence-electron chi connectivity index (χ1n) is 8.15. The molecule has 3 N–H and O–H groups in total. The van der Waals surface area contributed by atoms with E-state index in [2.05, 4.69) is 25.6 Å². The summed E-state index contributed by atoms with van der Waals surface area (Å²) in [5.74, 6) is 0.342. The SMILES string of the molecule is O=C(Cc1csc(NC(=O)c2ccsc2)n1)NCc1nc2ccccc2[nH]1. The van der Waals surface area contributed by atoms with Gasteiger partial charge in [0.1, 0.15) is 5.82 Å². The fourth-order valence-corrected chi connectivity index (χ4v) is 3.85. The van der Waals surface area contributed by atoms with Gasteiger partial charge in [0.15, 0.2) is 5.13 Å². The number of aromatic nitrogens is 3. The van der Waals surface area contributed by atoms with Crippen molar-refractivity contribution in [3.05, 3.63) is 63.6 Å². The fourth-order valence-electron chi connectivity index (χ4n) is 2.51. The minimum Gasteiger partial charge on any atom is -0.349 e. The molecule has 0 aliphatic heterocycles. The third kappa shape index (κ3) is 4.21. The summed E-state index contributed by atoms with van der Waals surface area (Å²) in [6.45, 7) is 0.319. The van der Waals surface area contributed by atoms with Crippen LogP contribution in [0.25, 0.3) is 11.0 Å². The lowest BCUT2D eigenvalue weighted by atomic mass is 10.3. The van der Waals surface area contributed by atoms with Gasteiger partial charge in [0, 0.05) is 10.8 Å². The predicted octanol–water partition coefficient (Wildman–Crippen LogP) is 3.19. The smallest absolute Gasteiger partial charge is 0.258 e. The zero-order valence-electron chi connectivity index (χ0n) is 14.1. The third-order valence-electron chi connectivity index (χ3n) is 3.79. The number of amides is 2. The van der Waals surface area contributed by atoms with Crippen LogP contribution in [-0.2, 0) is 17.8 Å². The molecule has 0 fully saturated rings. The molecular weight excluding hydrogens is 382 g/mol. The number of hydrogen-bond donors (Lipinski definition) is 3. The van der Waals surface area contributed by atoms with E-state index in [1.807, 2.05) is 29.6 Å². The second-order valence-corrected chi connectivity index (χ2v) is 7.40. The Balaban J connectivity index is 1.30. The van der Waals surface area contributed by atoms with Crippen molar-refractivity contribution >= 4 is 50.7 Å². The molecule has 7 nitrogen and oxygen atoms in total. The van der Waals surface area contributed by atoms with Gasteiger partial charge in [-0.3, -0.25) is 14.9 Å². The van der Waals surface area contributed by atoms with E-state index >= 15 is 0 Å². The van der Waals surface area contributed by atoms with Gasteiger partial charge in [-0.2, -0.15) is 11.3 Å². The van der Waals surface area contributed by atoms with Gasteiger partial charge in [-0.25, -0.2) is 9.97 Å². The van der Waals surface area contributed by atoms with E-state index in [0.29, 0.717) is 28.8 Å². The maximum absolute atomic E-state index is 12.1. The molecule has 0 saturated heterocycles. The molecule has 0 aliphatic carbocycles. The number of H-pyrrole nitrogens is 1. The Labute approximate surface area is 162 Å². The number of fused-ring (bicyclic) bond motifs is 1. The van der Waals surface area contributed by atoms with Gasteiger partial charge in [-0.15, -0.1) is 11.3 Å². The van der Waals surface area contributed by atoms with E-state index < -0.39 is 0 Å². The van der Waals surface area contributed by atoms with E-state index in [1.54, 1.807) is 16.8 Å². The Bertz CT molecular complexity index is 1050. The molecule has 0 saturated carbocycles. The van der Waals surface area contributed by atoms with Crippen LogP contribution in [0.1, 0.15) is 21.9 Å². The minimum atomic E-state index is -0.202. The normalized spacial score (nSPS) is 10.8. The van der Waals surface area contributed by atoms with Crippen LogP contribution in [0.4, 0.5) is 5.13 Å². The monoisotopic (exact) mass is 397 g/mol. The van der Waals surface area contributed by atoms with Crippen LogP contribution in [0.15, 0.2) is 46.5 Å². The summed E-state index contributed by atoms with van der Waals surface area (Å²) in [5.41, 5.74) is 3.02. The second kappa shape index (κ2) is 7.68. The Morgan fingerprint density at radius 3 is 2.81 bits per heavy atom. The Hall–Kier alpha value is -3.04. The zero-order valence-corrected chi connectivity index (χ0v) is 15.7. The Morgan fingerprint density at radius 1 is 1.11 bits per heavy atom. The summed E-state index contributed by atoms with van der Waals surface area (Å²) in [5, 5.41) is 11.4. The van der Waals surface area contributed by atoms with Crippen molar-refractivity contribution in [2.75, 3.05) is 5.32 Å². The number of nitrogens with zero attached hydrogens (tertiary/aromatic N) is 2. The first-order valence-corrected chi connectivity index (χ1v) is 9.98. The zero-order chi connectivity index (χ0) is 18.6. The first-order chi connectivity index (χ1) is 13.2. The fraction of sp³-hybridized carbons (Fsp3) is 0.111. The summed E-state index contributed by atoms with van der Waals surface area (Å²) in [6.07, 6.45) is 0.144. The van der Waals surface area contributed by atoms with Gasteiger partial charge in [0.05, 0.1) is 35.3 Å². The van der Waals surface area contributed by atoms with Crippen molar-refractivity contribution in [3.63, 3.8) is 0 Å². The molecule has 1 aromatic carbocycles. The summed E-state index contributed by atoms with van der Waals surface area (Å²) in [4.78, 5) is 36.0. The van der Waals surface area contributed by atoms with E-state index in [-0.39, 0.29) is 18.2 Å². The summed E-state index contributed by atoms with van der Waals surface area (Å²) in [7, 11) is 0. The minimum absolute atomic E-state index is 0.144. The number of imidazole rings is 1. The maximum Gasteiger partial charge on any atom is 0.258 e. The molecule has 2 amide bonds. The number of para-hydroxylation sites is 2. The largest absolute Gasteiger partial charge is 0.349 e. The molecule has 4 rings (SSSR count). The van der Waals surface area contributed by atoms with Crippen LogP contribution in [0.2, 0.25) is 0 Å². The summed E-state index contributed by atoms with van der Waals surface area (Å²) < 4.78 is 0. The van der Waals surface area contributed by atoms with Crippen LogP contribution < -0.4 is 10.6 Å². The van der Waals surface area contributed by atoms with Gasteiger partial charge in [-0.05, 0) is 23.6 Å². The second-order valence-electron chi connectivity index (χ2n) is 5.76. The van der Waals surface area contributed by atoms with Crippen molar-refractivity contribution in [3.8, 4) is 0 Å². The van der Waals surface area contributed by atoms with E-state index in [4.69, 9.17) is 0 Å². The highest BCUT2D eigenvalue weighted by Gasteiger charge is 2.12. The number of hydrogen-bond acceptors (Lipinski definition) is 6. The number of thiazole rings is 1. The first kappa shape index (κ1) is 17.4. The van der Waals surface area contributed by atoms with Gasteiger partial charge in [0.2, 0.25) is 5.91 Å². The van der Waals surface area contributed by atoms with Gasteiger partial charge in [0.25, 0.3) is 5.91 Å². The number of aromatic amines is 1. The highest BCUT2D eigenvalue weighted by atomic mass is 32.1. The lowest BCUT2D eigenvalue weighted by Crippen LogP contribution is -2.25. The molecule has 0 spiro atoms. The average molecular weight is 397 g/mol. The number of carbonyl (C=O) groups is 2. The van der Waals surface area contributed by atoms with Crippen LogP contribution in [-0.4, -0.2) is 26.8 Å². The molecule has 4 aromatic rings. The van der Waals surface area contributed by atoms with Crippen molar-refractivity contribution < 1.29 is 9.59 Å². The van der Waals surface area contributed by atoms with E-state index in [0.717, 1.165) is 11.0 Å². The molecule has 3 heterocycles. The predicted molar refractivity (Wildman–Crippen MR) is 106 cm³/mol. The number of thiophene rings is 1. The highest BCUT2D eigenvalue weighted by Crippen LogP contribution is 2.18. The lowest BCUT2D eigenvalue weighted by molar-refractivity contribution is -0.120.